The van der Waals surface area contributed by atoms with Crippen LogP contribution in [0.2, 0.25) is 0 Å². The lowest BCUT2D eigenvalue weighted by molar-refractivity contribution is 0.0696. The summed E-state index contributed by atoms with van der Waals surface area (Å²) in [4.78, 5) is 25.0. The third-order valence-corrected chi connectivity index (χ3v) is 9.27. The van der Waals surface area contributed by atoms with Gasteiger partial charge in [0.1, 0.15) is 4.90 Å². The average Bonchev–Trinajstić information content (AvgIpc) is 3.61. The van der Waals surface area contributed by atoms with Gasteiger partial charge in [-0.25, -0.2) is 22.9 Å². The van der Waals surface area contributed by atoms with Crippen LogP contribution in [-0.4, -0.2) is 54.7 Å². The largest absolute Gasteiger partial charge is 0.480 e. The van der Waals surface area contributed by atoms with Gasteiger partial charge in [0.15, 0.2) is 0 Å². The predicted molar refractivity (Wildman–Crippen MR) is 157 cm³/mol. The first-order chi connectivity index (χ1) is 20.3. The van der Waals surface area contributed by atoms with Crippen molar-refractivity contribution in [3.63, 3.8) is 0 Å². The van der Waals surface area contributed by atoms with E-state index in [9.17, 15) is 18.3 Å². The van der Waals surface area contributed by atoms with Gasteiger partial charge in [0.05, 0.1) is 36.6 Å². The van der Waals surface area contributed by atoms with E-state index in [2.05, 4.69) is 25.0 Å². The molecule has 42 heavy (non-hydrogen) atoms. The Balaban J connectivity index is 1.49. The van der Waals surface area contributed by atoms with E-state index in [1.54, 1.807) is 24.4 Å². The van der Waals surface area contributed by atoms with Crippen molar-refractivity contribution in [1.82, 2.24) is 19.7 Å². The number of aromatic nitrogens is 3. The van der Waals surface area contributed by atoms with Crippen LogP contribution >= 0.6 is 0 Å². The molecule has 2 saturated carbocycles. The van der Waals surface area contributed by atoms with E-state index in [0.29, 0.717) is 39.3 Å². The zero-order valence-corrected chi connectivity index (χ0v) is 24.1. The number of pyridine rings is 1. The summed E-state index contributed by atoms with van der Waals surface area (Å²) in [7, 11) is -0.948. The highest BCUT2D eigenvalue weighted by Gasteiger charge is 2.31. The second kappa shape index (κ2) is 11.2. The number of benzene rings is 2. The minimum absolute atomic E-state index is 0.0110. The normalized spacial score (nSPS) is 15.6. The first-order valence-corrected chi connectivity index (χ1v) is 15.3. The predicted octanol–water partition coefficient (Wildman–Crippen LogP) is 5.25. The standard InChI is InChI=1S/C30H31N5O6S/c1-40-28-24(15-32-30(34-28)41-2)18-7-10-23-25(14-18)31-16-26(42(38,39)35-21-8-9-21)27(23)33-22-12-19(17-5-3-4-6-17)11-20(13-22)29(36)37/h7,10-17,21,35H,3-6,8-9H2,1-2H3,(H,31,33)(H,36,37). The summed E-state index contributed by atoms with van der Waals surface area (Å²) >= 11 is 0. The SMILES string of the molecule is COc1ncc(-c2ccc3c(Nc4cc(C(=O)O)cc(C5CCCC5)c4)c(S(=O)(=O)NC4CC4)cnc3c2)c(OC)n1. The van der Waals surface area contributed by atoms with Crippen molar-refractivity contribution in [1.29, 1.82) is 0 Å². The number of anilines is 2. The van der Waals surface area contributed by atoms with Gasteiger partial charge in [-0.2, -0.15) is 4.98 Å². The van der Waals surface area contributed by atoms with Gasteiger partial charge < -0.3 is 19.9 Å². The van der Waals surface area contributed by atoms with Crippen LogP contribution < -0.4 is 19.5 Å². The first kappa shape index (κ1) is 27.9. The zero-order chi connectivity index (χ0) is 29.4. The van der Waals surface area contributed by atoms with E-state index in [0.717, 1.165) is 44.1 Å². The van der Waals surface area contributed by atoms with Crippen molar-refractivity contribution >= 4 is 38.3 Å². The van der Waals surface area contributed by atoms with E-state index in [4.69, 9.17) is 9.47 Å². The number of hydrogen-bond donors (Lipinski definition) is 3. The van der Waals surface area contributed by atoms with Crippen LogP contribution in [0, 0.1) is 0 Å². The molecule has 0 spiro atoms. The number of nitrogens with zero attached hydrogens (tertiary/aromatic N) is 3. The maximum atomic E-state index is 13.5. The maximum Gasteiger partial charge on any atom is 0.335 e. The number of aromatic carboxylic acids is 1. The smallest absolute Gasteiger partial charge is 0.335 e. The van der Waals surface area contributed by atoms with Crippen LogP contribution in [-0.2, 0) is 10.0 Å². The minimum Gasteiger partial charge on any atom is -0.480 e. The molecular formula is C30H31N5O6S. The molecule has 3 N–H and O–H groups in total. The second-order valence-corrected chi connectivity index (χ2v) is 12.3. The Morgan fingerprint density at radius 3 is 2.45 bits per heavy atom. The summed E-state index contributed by atoms with van der Waals surface area (Å²) in [5.41, 5.74) is 3.74. The molecule has 11 nitrogen and oxygen atoms in total. The number of sulfonamides is 1. The molecule has 2 aliphatic carbocycles. The summed E-state index contributed by atoms with van der Waals surface area (Å²) in [6, 6.07) is 10.6. The van der Waals surface area contributed by atoms with Crippen molar-refractivity contribution in [2.45, 2.75) is 55.4 Å². The van der Waals surface area contributed by atoms with Gasteiger partial charge >= 0.3 is 12.0 Å². The Hall–Kier alpha value is -4.29. The van der Waals surface area contributed by atoms with E-state index in [1.807, 2.05) is 12.1 Å². The third-order valence-electron chi connectivity index (χ3n) is 7.74. The minimum atomic E-state index is -3.92. The Labute approximate surface area is 243 Å². The van der Waals surface area contributed by atoms with Crippen molar-refractivity contribution in [3.8, 4) is 23.0 Å². The molecule has 0 amide bonds. The molecule has 0 atom stereocenters. The van der Waals surface area contributed by atoms with E-state index >= 15 is 0 Å². The molecular weight excluding hydrogens is 558 g/mol. The number of fused-ring (bicyclic) bond motifs is 1. The quantitative estimate of drug-likeness (QED) is 0.224. The lowest BCUT2D eigenvalue weighted by atomic mass is 9.95. The van der Waals surface area contributed by atoms with Crippen LogP contribution in [0.25, 0.3) is 22.0 Å². The summed E-state index contributed by atoms with van der Waals surface area (Å²) in [5, 5.41) is 13.7. The molecule has 0 radical (unpaired) electrons. The summed E-state index contributed by atoms with van der Waals surface area (Å²) in [6.45, 7) is 0. The molecule has 4 aromatic rings. The molecule has 2 aliphatic rings. The van der Waals surface area contributed by atoms with Gasteiger partial charge in [0, 0.05) is 29.5 Å². The summed E-state index contributed by atoms with van der Waals surface area (Å²) < 4.78 is 40.3. The average molecular weight is 590 g/mol. The number of methoxy groups -OCH3 is 2. The molecule has 0 aliphatic heterocycles. The number of nitrogens with one attached hydrogen (secondary N) is 2. The third kappa shape index (κ3) is 5.59. The number of hydrogen-bond acceptors (Lipinski definition) is 9. The molecule has 6 rings (SSSR count). The van der Waals surface area contributed by atoms with Crippen molar-refractivity contribution < 1.29 is 27.8 Å². The van der Waals surface area contributed by atoms with Gasteiger partial charge in [-0.15, -0.1) is 0 Å². The number of carboxylic acid groups (broad SMARTS) is 1. The van der Waals surface area contributed by atoms with E-state index in [1.165, 1.54) is 26.5 Å². The van der Waals surface area contributed by atoms with Crippen LogP contribution in [0.15, 0.2) is 53.7 Å². The van der Waals surface area contributed by atoms with Gasteiger partial charge in [-0.1, -0.05) is 25.0 Å². The van der Waals surface area contributed by atoms with Crippen LogP contribution in [0.4, 0.5) is 11.4 Å². The Morgan fingerprint density at radius 1 is 0.976 bits per heavy atom. The highest BCUT2D eigenvalue weighted by Crippen LogP contribution is 2.39. The van der Waals surface area contributed by atoms with E-state index in [-0.39, 0.29) is 28.4 Å². The van der Waals surface area contributed by atoms with Crippen molar-refractivity contribution in [2.75, 3.05) is 19.5 Å². The molecule has 0 bridgehead atoms. The second-order valence-electron chi connectivity index (χ2n) is 10.7. The van der Waals surface area contributed by atoms with Gasteiger partial charge in [0.2, 0.25) is 15.9 Å². The molecule has 0 unspecified atom stereocenters. The molecule has 2 aromatic heterocycles. The monoisotopic (exact) mass is 589 g/mol. The molecule has 2 fully saturated rings. The number of rotatable bonds is 10. The lowest BCUT2D eigenvalue weighted by Gasteiger charge is -2.18. The van der Waals surface area contributed by atoms with Crippen LogP contribution in [0.5, 0.6) is 11.9 Å². The molecule has 0 saturated heterocycles. The maximum absolute atomic E-state index is 13.5. The highest BCUT2D eigenvalue weighted by atomic mass is 32.2. The summed E-state index contributed by atoms with van der Waals surface area (Å²) in [6.07, 6.45) is 8.67. The fourth-order valence-electron chi connectivity index (χ4n) is 5.45. The fraction of sp³-hybridized carbons (Fsp3) is 0.333. The molecule has 12 heteroatoms. The number of carbonyl (C=O) groups is 1. The zero-order valence-electron chi connectivity index (χ0n) is 23.3. The van der Waals surface area contributed by atoms with Crippen molar-refractivity contribution in [3.05, 3.63) is 59.9 Å². The molecule has 2 aromatic carbocycles. The summed E-state index contributed by atoms with van der Waals surface area (Å²) in [5.74, 6) is -0.457. The number of ether oxygens (including phenoxy) is 2. The molecule has 2 heterocycles. The fourth-order valence-corrected chi connectivity index (χ4v) is 6.87. The van der Waals surface area contributed by atoms with E-state index < -0.39 is 16.0 Å². The topological polar surface area (TPSA) is 153 Å². The van der Waals surface area contributed by atoms with Crippen LogP contribution in [0.1, 0.15) is 60.4 Å². The van der Waals surface area contributed by atoms with Gasteiger partial charge in [-0.05, 0) is 67.0 Å². The van der Waals surface area contributed by atoms with Crippen LogP contribution in [0.3, 0.4) is 0 Å². The Morgan fingerprint density at radius 2 is 1.76 bits per heavy atom. The number of carboxylic acids is 1. The lowest BCUT2D eigenvalue weighted by Crippen LogP contribution is -2.26. The Bertz CT molecular complexity index is 1780. The highest BCUT2D eigenvalue weighted by molar-refractivity contribution is 7.89. The first-order valence-electron chi connectivity index (χ1n) is 13.8. The molecule has 218 valence electrons. The Kier molecular flexibility index (Phi) is 7.42. The van der Waals surface area contributed by atoms with Gasteiger partial charge in [-0.3, -0.25) is 4.98 Å². The van der Waals surface area contributed by atoms with Crippen molar-refractivity contribution in [2.24, 2.45) is 0 Å². The van der Waals surface area contributed by atoms with Gasteiger partial charge in [0.25, 0.3) is 0 Å².